The van der Waals surface area contributed by atoms with Crippen molar-refractivity contribution in [3.05, 3.63) is 29.8 Å². The molecular formula is C16H19F3N2O2. The average Bonchev–Trinajstić information content (AvgIpc) is 2.94. The van der Waals surface area contributed by atoms with Gasteiger partial charge in [0.2, 0.25) is 0 Å². The summed E-state index contributed by atoms with van der Waals surface area (Å²) in [5.74, 6) is 0. The minimum Gasteiger partial charge on any atom is -0.381 e. The maximum absolute atomic E-state index is 13.0. The van der Waals surface area contributed by atoms with Gasteiger partial charge in [-0.15, -0.1) is 0 Å². The topological polar surface area (TPSA) is 41.6 Å². The molecule has 0 aliphatic carbocycles. The lowest BCUT2D eigenvalue weighted by Gasteiger charge is -2.39. The van der Waals surface area contributed by atoms with E-state index in [1.54, 1.807) is 4.90 Å². The maximum atomic E-state index is 13.0. The fourth-order valence-electron chi connectivity index (χ4n) is 3.39. The number of alkyl halides is 3. The first-order chi connectivity index (χ1) is 10.9. The number of carbonyl (C=O) groups excluding carboxylic acids is 1. The fraction of sp³-hybridized carbons (Fsp3) is 0.562. The van der Waals surface area contributed by atoms with Crippen molar-refractivity contribution in [2.75, 3.05) is 31.6 Å². The lowest BCUT2D eigenvalue weighted by molar-refractivity contribution is -0.136. The first-order valence-corrected chi connectivity index (χ1v) is 7.70. The van der Waals surface area contributed by atoms with Gasteiger partial charge in [0.05, 0.1) is 17.9 Å². The predicted molar refractivity (Wildman–Crippen MR) is 79.1 cm³/mol. The number of hydrogen-bond donors (Lipinski definition) is 1. The van der Waals surface area contributed by atoms with Crippen molar-refractivity contribution < 1.29 is 22.7 Å². The van der Waals surface area contributed by atoms with E-state index in [1.807, 2.05) is 0 Å². The number of benzene rings is 1. The Morgan fingerprint density at radius 2 is 2.04 bits per heavy atom. The second-order valence-corrected chi connectivity index (χ2v) is 6.30. The lowest BCUT2D eigenvalue weighted by Crippen LogP contribution is -2.48. The molecule has 2 aliphatic heterocycles. The molecule has 1 aromatic rings. The second-order valence-electron chi connectivity index (χ2n) is 6.30. The zero-order chi connectivity index (χ0) is 16.5. The van der Waals surface area contributed by atoms with Gasteiger partial charge in [-0.25, -0.2) is 4.79 Å². The number of piperidine rings is 1. The third-order valence-corrected chi connectivity index (χ3v) is 4.61. The minimum absolute atomic E-state index is 0.0286. The Bertz CT molecular complexity index is 583. The third kappa shape index (κ3) is 3.44. The molecule has 1 atom stereocenters. The zero-order valence-electron chi connectivity index (χ0n) is 12.7. The summed E-state index contributed by atoms with van der Waals surface area (Å²) in [6.07, 6.45) is -1.75. The molecule has 2 aliphatic rings. The first-order valence-electron chi connectivity index (χ1n) is 7.70. The van der Waals surface area contributed by atoms with Crippen molar-refractivity contribution in [3.63, 3.8) is 0 Å². The number of hydrogen-bond acceptors (Lipinski definition) is 2. The Morgan fingerprint density at radius 1 is 1.26 bits per heavy atom. The van der Waals surface area contributed by atoms with Crippen molar-refractivity contribution >= 4 is 11.7 Å². The summed E-state index contributed by atoms with van der Waals surface area (Å²) in [4.78, 5) is 14.0. The number of carbonyl (C=O) groups is 1. The highest BCUT2D eigenvalue weighted by atomic mass is 19.4. The molecule has 7 heteroatoms. The molecule has 2 saturated heterocycles. The highest BCUT2D eigenvalue weighted by molar-refractivity contribution is 5.90. The Kier molecular flexibility index (Phi) is 4.23. The van der Waals surface area contributed by atoms with E-state index >= 15 is 0 Å². The van der Waals surface area contributed by atoms with Crippen LogP contribution < -0.4 is 5.32 Å². The third-order valence-electron chi connectivity index (χ3n) is 4.61. The first kappa shape index (κ1) is 16.1. The normalized spacial score (nSPS) is 24.9. The number of ether oxygens (including phenoxy) is 1. The van der Waals surface area contributed by atoms with Gasteiger partial charge in [0.25, 0.3) is 0 Å². The smallest absolute Gasteiger partial charge is 0.381 e. The van der Waals surface area contributed by atoms with Gasteiger partial charge in [0.1, 0.15) is 0 Å². The number of likely N-dealkylation sites (tertiary alicyclic amines) is 1. The molecule has 2 amide bonds. The SMILES string of the molecule is O=C(Nc1ccccc1C(F)(F)F)N1CCC[C@@]2(CCOC2)C1. The summed E-state index contributed by atoms with van der Waals surface area (Å²) in [6, 6.07) is 4.56. The largest absolute Gasteiger partial charge is 0.418 e. The number of halogens is 3. The molecule has 1 aromatic carbocycles. The molecular weight excluding hydrogens is 309 g/mol. The van der Waals surface area contributed by atoms with Crippen molar-refractivity contribution in [2.45, 2.75) is 25.4 Å². The number of rotatable bonds is 1. The molecule has 0 saturated carbocycles. The van der Waals surface area contributed by atoms with E-state index < -0.39 is 17.8 Å². The molecule has 3 rings (SSSR count). The number of anilines is 1. The Hall–Kier alpha value is -1.76. The van der Waals surface area contributed by atoms with Gasteiger partial charge in [-0.2, -0.15) is 13.2 Å². The van der Waals surface area contributed by atoms with Crippen LogP contribution in [0.15, 0.2) is 24.3 Å². The summed E-state index contributed by atoms with van der Waals surface area (Å²) in [7, 11) is 0. The summed E-state index contributed by atoms with van der Waals surface area (Å²) < 4.78 is 44.4. The van der Waals surface area contributed by atoms with Crippen LogP contribution in [0.1, 0.15) is 24.8 Å². The van der Waals surface area contributed by atoms with Crippen LogP contribution in [0.2, 0.25) is 0 Å². The van der Waals surface area contributed by atoms with Crippen LogP contribution in [0, 0.1) is 5.41 Å². The van der Waals surface area contributed by atoms with E-state index in [4.69, 9.17) is 4.74 Å². The second kappa shape index (κ2) is 6.03. The van der Waals surface area contributed by atoms with Crippen molar-refractivity contribution in [2.24, 2.45) is 5.41 Å². The Morgan fingerprint density at radius 3 is 2.74 bits per heavy atom. The average molecular weight is 328 g/mol. The molecule has 0 aromatic heterocycles. The van der Waals surface area contributed by atoms with Gasteiger partial charge >= 0.3 is 12.2 Å². The van der Waals surface area contributed by atoms with Gasteiger partial charge in [0.15, 0.2) is 0 Å². The highest BCUT2D eigenvalue weighted by Crippen LogP contribution is 2.38. The van der Waals surface area contributed by atoms with E-state index in [9.17, 15) is 18.0 Å². The quantitative estimate of drug-likeness (QED) is 0.853. The van der Waals surface area contributed by atoms with Gasteiger partial charge in [-0.3, -0.25) is 0 Å². The summed E-state index contributed by atoms with van der Waals surface area (Å²) in [6.45, 7) is 2.40. The molecule has 2 fully saturated rings. The standard InChI is InChI=1S/C16H19F3N2O2/c17-16(18,19)12-4-1-2-5-13(12)20-14(22)21-8-3-6-15(10-21)7-9-23-11-15/h1-2,4-5H,3,6-11H2,(H,20,22)/t15-/m1/s1. The maximum Gasteiger partial charge on any atom is 0.418 e. The van der Waals surface area contributed by atoms with Crippen LogP contribution in [-0.4, -0.2) is 37.2 Å². The van der Waals surface area contributed by atoms with Crippen molar-refractivity contribution in [1.82, 2.24) is 4.90 Å². The number of nitrogens with zero attached hydrogens (tertiary/aromatic N) is 1. The number of amides is 2. The molecule has 0 radical (unpaired) electrons. The number of para-hydroxylation sites is 1. The fourth-order valence-corrected chi connectivity index (χ4v) is 3.39. The highest BCUT2D eigenvalue weighted by Gasteiger charge is 2.40. The van der Waals surface area contributed by atoms with E-state index in [0.29, 0.717) is 26.3 Å². The molecule has 23 heavy (non-hydrogen) atoms. The minimum atomic E-state index is -4.49. The summed E-state index contributed by atoms with van der Waals surface area (Å²) in [5.41, 5.74) is -1.06. The molecule has 0 bridgehead atoms. The summed E-state index contributed by atoms with van der Waals surface area (Å²) >= 11 is 0. The van der Waals surface area contributed by atoms with E-state index in [0.717, 1.165) is 25.3 Å². The zero-order valence-corrected chi connectivity index (χ0v) is 12.7. The van der Waals surface area contributed by atoms with Crippen LogP contribution in [0.25, 0.3) is 0 Å². The van der Waals surface area contributed by atoms with Crippen molar-refractivity contribution in [3.8, 4) is 0 Å². The Balaban J connectivity index is 1.72. The van der Waals surface area contributed by atoms with Crippen LogP contribution in [0.5, 0.6) is 0 Å². The van der Waals surface area contributed by atoms with E-state index in [-0.39, 0.29) is 11.1 Å². The van der Waals surface area contributed by atoms with Crippen LogP contribution in [-0.2, 0) is 10.9 Å². The molecule has 126 valence electrons. The molecule has 2 heterocycles. The van der Waals surface area contributed by atoms with Crippen LogP contribution >= 0.6 is 0 Å². The van der Waals surface area contributed by atoms with Gasteiger partial charge in [-0.05, 0) is 31.4 Å². The number of urea groups is 1. The van der Waals surface area contributed by atoms with Gasteiger partial charge < -0.3 is 15.0 Å². The Labute approximate surface area is 132 Å². The molecule has 0 unspecified atom stereocenters. The van der Waals surface area contributed by atoms with Crippen LogP contribution in [0.3, 0.4) is 0 Å². The molecule has 4 nitrogen and oxygen atoms in total. The summed E-state index contributed by atoms with van der Waals surface area (Å²) in [5, 5.41) is 2.42. The molecule has 1 N–H and O–H groups in total. The number of nitrogens with one attached hydrogen (secondary N) is 1. The van der Waals surface area contributed by atoms with E-state index in [2.05, 4.69) is 5.32 Å². The van der Waals surface area contributed by atoms with Crippen LogP contribution in [0.4, 0.5) is 23.7 Å². The van der Waals surface area contributed by atoms with Crippen molar-refractivity contribution in [1.29, 1.82) is 0 Å². The van der Waals surface area contributed by atoms with Gasteiger partial charge in [0, 0.05) is 25.1 Å². The van der Waals surface area contributed by atoms with E-state index in [1.165, 1.54) is 18.2 Å². The van der Waals surface area contributed by atoms with Gasteiger partial charge in [-0.1, -0.05) is 12.1 Å². The predicted octanol–water partition coefficient (Wildman–Crippen LogP) is 3.74. The molecule has 1 spiro atoms. The lowest BCUT2D eigenvalue weighted by atomic mass is 9.79. The monoisotopic (exact) mass is 328 g/mol.